The van der Waals surface area contributed by atoms with Crippen LogP contribution in [0, 0.1) is 6.58 Å². The molecule has 0 spiro atoms. The number of allylic oxidation sites excluding steroid dienone is 1. The van der Waals surface area contributed by atoms with Crippen LogP contribution < -0.4 is 10.6 Å². The summed E-state index contributed by atoms with van der Waals surface area (Å²) in [6, 6.07) is 26.3. The number of benzene rings is 3. The number of alkyl halides is 3. The van der Waals surface area contributed by atoms with Gasteiger partial charge in [0.2, 0.25) is 0 Å². The molecule has 3 aromatic carbocycles. The SMILES string of the molecule is [CH]=C(c1ccccc1CP(c1ccccc1)c1ccccc1)C(F)(F)F. The van der Waals surface area contributed by atoms with Gasteiger partial charge in [0.1, 0.15) is 0 Å². The molecule has 0 atom stereocenters. The van der Waals surface area contributed by atoms with Crippen LogP contribution in [0.25, 0.3) is 5.57 Å². The first-order valence-corrected chi connectivity index (χ1v) is 9.65. The summed E-state index contributed by atoms with van der Waals surface area (Å²) < 4.78 is 39.4. The summed E-state index contributed by atoms with van der Waals surface area (Å²) in [6.07, 6.45) is -4.05. The Morgan fingerprint density at radius 1 is 0.731 bits per heavy atom. The van der Waals surface area contributed by atoms with Crippen LogP contribution in [0.15, 0.2) is 84.9 Å². The Balaban J connectivity index is 2.03. The molecule has 0 aromatic heterocycles. The summed E-state index contributed by atoms with van der Waals surface area (Å²) in [5.74, 6) is 0. The van der Waals surface area contributed by atoms with E-state index in [-0.39, 0.29) is 5.56 Å². The van der Waals surface area contributed by atoms with Gasteiger partial charge in [-0.1, -0.05) is 84.9 Å². The first-order chi connectivity index (χ1) is 12.5. The zero-order chi connectivity index (χ0) is 18.6. The van der Waals surface area contributed by atoms with Crippen molar-refractivity contribution in [3.05, 3.63) is 103 Å². The van der Waals surface area contributed by atoms with Crippen molar-refractivity contribution < 1.29 is 13.2 Å². The first-order valence-electron chi connectivity index (χ1n) is 8.12. The van der Waals surface area contributed by atoms with Crippen LogP contribution in [0.4, 0.5) is 13.2 Å². The van der Waals surface area contributed by atoms with Gasteiger partial charge in [0.05, 0.1) is 5.57 Å². The van der Waals surface area contributed by atoms with Crippen molar-refractivity contribution in [2.24, 2.45) is 0 Å². The van der Waals surface area contributed by atoms with E-state index in [9.17, 15) is 13.2 Å². The first kappa shape index (κ1) is 18.4. The molecule has 0 heterocycles. The molecule has 0 aliphatic heterocycles. The molecule has 0 fully saturated rings. The van der Waals surface area contributed by atoms with Crippen LogP contribution in [0.1, 0.15) is 11.1 Å². The molecule has 131 valence electrons. The second-order valence-electron chi connectivity index (χ2n) is 5.83. The lowest BCUT2D eigenvalue weighted by atomic mass is 10.0. The van der Waals surface area contributed by atoms with Gasteiger partial charge in [-0.05, 0) is 36.2 Å². The Morgan fingerprint density at radius 2 is 1.19 bits per heavy atom. The summed E-state index contributed by atoms with van der Waals surface area (Å²) in [6.45, 7) is 5.42. The molecule has 0 saturated heterocycles. The fourth-order valence-corrected chi connectivity index (χ4v) is 5.14. The molecule has 3 rings (SSSR count). The maximum atomic E-state index is 13.1. The summed E-state index contributed by atoms with van der Waals surface area (Å²) in [5, 5.41) is 2.24. The molecule has 0 aliphatic carbocycles. The van der Waals surface area contributed by atoms with Crippen LogP contribution in [0.3, 0.4) is 0 Å². The van der Waals surface area contributed by atoms with Crippen molar-refractivity contribution in [1.29, 1.82) is 0 Å². The van der Waals surface area contributed by atoms with Crippen molar-refractivity contribution in [1.82, 2.24) is 0 Å². The lowest BCUT2D eigenvalue weighted by molar-refractivity contribution is -0.0689. The van der Waals surface area contributed by atoms with Crippen LogP contribution in [-0.2, 0) is 6.16 Å². The van der Waals surface area contributed by atoms with E-state index in [1.807, 2.05) is 60.7 Å². The molecule has 1 radical (unpaired) electrons. The van der Waals surface area contributed by atoms with Gasteiger partial charge in [-0.2, -0.15) is 13.2 Å². The Labute approximate surface area is 152 Å². The topological polar surface area (TPSA) is 0 Å². The van der Waals surface area contributed by atoms with Gasteiger partial charge in [0, 0.05) is 6.16 Å². The highest BCUT2D eigenvalue weighted by atomic mass is 31.1. The molecule has 0 N–H and O–H groups in total. The van der Waals surface area contributed by atoms with Crippen molar-refractivity contribution in [2.75, 3.05) is 0 Å². The predicted octanol–water partition coefficient (Wildman–Crippen LogP) is 5.70. The van der Waals surface area contributed by atoms with Gasteiger partial charge in [-0.15, -0.1) is 0 Å². The minimum Gasteiger partial charge on any atom is -0.166 e. The maximum Gasteiger partial charge on any atom is 0.416 e. The molecular weight excluding hydrogens is 352 g/mol. The summed E-state index contributed by atoms with van der Waals surface area (Å²) >= 11 is 0. The monoisotopic (exact) mass is 369 g/mol. The molecule has 0 saturated carbocycles. The van der Waals surface area contributed by atoms with E-state index in [1.54, 1.807) is 18.2 Å². The lowest BCUT2D eigenvalue weighted by Crippen LogP contribution is -2.15. The molecule has 0 unspecified atom stereocenters. The molecule has 0 nitrogen and oxygen atoms in total. The second kappa shape index (κ2) is 7.88. The molecule has 0 aliphatic rings. The third kappa shape index (κ3) is 4.23. The normalized spacial score (nSPS) is 11.5. The van der Waals surface area contributed by atoms with E-state index in [1.165, 1.54) is 6.07 Å². The van der Waals surface area contributed by atoms with Gasteiger partial charge < -0.3 is 0 Å². The molecule has 26 heavy (non-hydrogen) atoms. The molecule has 3 aromatic rings. The summed E-state index contributed by atoms with van der Waals surface area (Å²) in [4.78, 5) is 0. The van der Waals surface area contributed by atoms with E-state index in [0.717, 1.165) is 10.6 Å². The Bertz CT molecular complexity index is 831. The summed E-state index contributed by atoms with van der Waals surface area (Å²) in [5.41, 5.74) is -0.357. The van der Waals surface area contributed by atoms with Crippen molar-refractivity contribution in [3.63, 3.8) is 0 Å². The Morgan fingerprint density at radius 3 is 1.69 bits per heavy atom. The van der Waals surface area contributed by atoms with Gasteiger partial charge in [-0.3, -0.25) is 0 Å². The van der Waals surface area contributed by atoms with E-state index < -0.39 is 19.7 Å². The van der Waals surface area contributed by atoms with Gasteiger partial charge in [0.25, 0.3) is 0 Å². The van der Waals surface area contributed by atoms with Crippen molar-refractivity contribution in [2.45, 2.75) is 12.3 Å². The second-order valence-corrected chi connectivity index (χ2v) is 8.03. The largest absolute Gasteiger partial charge is 0.416 e. The van der Waals surface area contributed by atoms with E-state index in [2.05, 4.69) is 0 Å². The zero-order valence-corrected chi connectivity index (χ0v) is 14.8. The van der Waals surface area contributed by atoms with E-state index in [0.29, 0.717) is 11.7 Å². The van der Waals surface area contributed by atoms with Crippen LogP contribution in [-0.4, -0.2) is 6.18 Å². The highest BCUT2D eigenvalue weighted by Crippen LogP contribution is 2.41. The number of hydrogen-bond donors (Lipinski definition) is 0. The third-order valence-electron chi connectivity index (χ3n) is 4.08. The fourth-order valence-electron chi connectivity index (χ4n) is 2.79. The quantitative estimate of drug-likeness (QED) is 0.506. The Kier molecular flexibility index (Phi) is 5.58. The molecule has 4 heteroatoms. The number of hydrogen-bond acceptors (Lipinski definition) is 0. The average Bonchev–Trinajstić information content (AvgIpc) is 2.66. The van der Waals surface area contributed by atoms with E-state index in [4.69, 9.17) is 6.58 Å². The number of halogens is 3. The minimum absolute atomic E-state index is 0.0689. The fraction of sp³-hybridized carbons (Fsp3) is 0.0909. The van der Waals surface area contributed by atoms with Gasteiger partial charge >= 0.3 is 6.18 Å². The van der Waals surface area contributed by atoms with Crippen LogP contribution in [0.5, 0.6) is 0 Å². The minimum atomic E-state index is -4.54. The standard InChI is InChI=1S/C22H17F3P/c1-17(22(23,24)25)21-15-9-8-10-18(21)16-26(19-11-4-2-5-12-19)20-13-6-3-7-14-20/h1-15H,16H2. The average molecular weight is 369 g/mol. The molecular formula is C22H17F3P. The van der Waals surface area contributed by atoms with Crippen molar-refractivity contribution in [3.8, 4) is 0 Å². The third-order valence-corrected chi connectivity index (χ3v) is 6.58. The number of rotatable bonds is 5. The summed E-state index contributed by atoms with van der Waals surface area (Å²) in [7, 11) is -0.840. The predicted molar refractivity (Wildman–Crippen MR) is 103 cm³/mol. The highest BCUT2D eigenvalue weighted by Gasteiger charge is 2.34. The molecule has 0 bridgehead atoms. The van der Waals surface area contributed by atoms with Gasteiger partial charge in [0.15, 0.2) is 0 Å². The van der Waals surface area contributed by atoms with Crippen molar-refractivity contribution >= 4 is 24.1 Å². The van der Waals surface area contributed by atoms with Crippen LogP contribution >= 0.6 is 7.92 Å². The van der Waals surface area contributed by atoms with Crippen LogP contribution in [0.2, 0.25) is 0 Å². The van der Waals surface area contributed by atoms with Gasteiger partial charge in [-0.25, -0.2) is 0 Å². The smallest absolute Gasteiger partial charge is 0.166 e. The molecule has 0 amide bonds. The Hall–Kier alpha value is -2.38. The zero-order valence-electron chi connectivity index (χ0n) is 13.9. The maximum absolute atomic E-state index is 13.1. The van der Waals surface area contributed by atoms with E-state index >= 15 is 0 Å². The highest BCUT2D eigenvalue weighted by molar-refractivity contribution is 7.72. The lowest BCUT2D eigenvalue weighted by Gasteiger charge is -2.21.